The van der Waals surface area contributed by atoms with E-state index in [4.69, 9.17) is 8.83 Å². The van der Waals surface area contributed by atoms with Gasteiger partial charge < -0.3 is 13.9 Å². The standard InChI is InChI=1S/C17H15F2N3O3/c18-10-3-4-13(19)12(6-10)14-7-11(23)8-22(14)9-16-20-21-17(25-16)15-2-1-5-24-15/h1-6,11,14,23H,7-9H2/t11-,14-/m0/s1. The molecule has 1 saturated heterocycles. The number of furan rings is 1. The molecule has 8 heteroatoms. The van der Waals surface area contributed by atoms with Gasteiger partial charge in [0.2, 0.25) is 5.89 Å². The molecule has 1 N–H and O–H groups in total. The fourth-order valence-electron chi connectivity index (χ4n) is 3.14. The Hall–Kier alpha value is -2.58. The Morgan fingerprint density at radius 2 is 2.12 bits per heavy atom. The summed E-state index contributed by atoms with van der Waals surface area (Å²) in [5.74, 6) is -0.0218. The van der Waals surface area contributed by atoms with Crippen molar-refractivity contribution in [3.63, 3.8) is 0 Å². The molecule has 0 spiro atoms. The molecule has 1 aromatic carbocycles. The van der Waals surface area contributed by atoms with Gasteiger partial charge in [-0.2, -0.15) is 0 Å². The molecule has 0 bridgehead atoms. The van der Waals surface area contributed by atoms with E-state index in [-0.39, 0.29) is 18.0 Å². The number of rotatable bonds is 4. The largest absolute Gasteiger partial charge is 0.459 e. The van der Waals surface area contributed by atoms with Gasteiger partial charge in [0.25, 0.3) is 5.89 Å². The maximum atomic E-state index is 14.1. The summed E-state index contributed by atoms with van der Waals surface area (Å²) in [6.07, 6.45) is 1.17. The monoisotopic (exact) mass is 347 g/mol. The fraction of sp³-hybridized carbons (Fsp3) is 0.294. The maximum Gasteiger partial charge on any atom is 0.283 e. The molecule has 3 aromatic rings. The van der Waals surface area contributed by atoms with Crippen LogP contribution in [0.1, 0.15) is 23.9 Å². The number of β-amino-alcohol motifs (C(OH)–C–C–N with tert-alkyl or cyclic N) is 1. The third kappa shape index (κ3) is 3.18. The summed E-state index contributed by atoms with van der Waals surface area (Å²) in [7, 11) is 0. The van der Waals surface area contributed by atoms with Crippen LogP contribution >= 0.6 is 0 Å². The van der Waals surface area contributed by atoms with Crippen LogP contribution in [0.5, 0.6) is 0 Å². The van der Waals surface area contributed by atoms with Crippen LogP contribution in [0, 0.1) is 11.6 Å². The second kappa shape index (κ2) is 6.38. The van der Waals surface area contributed by atoms with Crippen LogP contribution < -0.4 is 0 Å². The van der Waals surface area contributed by atoms with Crippen LogP contribution in [0.25, 0.3) is 11.7 Å². The van der Waals surface area contributed by atoms with Crippen molar-refractivity contribution in [2.24, 2.45) is 0 Å². The molecule has 2 atom stereocenters. The smallest absolute Gasteiger partial charge is 0.283 e. The van der Waals surface area contributed by atoms with Gasteiger partial charge in [-0.1, -0.05) is 0 Å². The van der Waals surface area contributed by atoms with Crippen LogP contribution in [0.15, 0.2) is 45.4 Å². The van der Waals surface area contributed by atoms with E-state index >= 15 is 0 Å². The minimum Gasteiger partial charge on any atom is -0.459 e. The van der Waals surface area contributed by atoms with Gasteiger partial charge in [0.1, 0.15) is 11.6 Å². The van der Waals surface area contributed by atoms with Crippen molar-refractivity contribution >= 4 is 0 Å². The lowest BCUT2D eigenvalue weighted by atomic mass is 10.0. The molecule has 0 amide bonds. The molecule has 1 aliphatic heterocycles. The predicted octanol–water partition coefficient (Wildman–Crippen LogP) is 2.92. The minimum absolute atomic E-state index is 0.210. The summed E-state index contributed by atoms with van der Waals surface area (Å²) in [5.41, 5.74) is 0.210. The van der Waals surface area contributed by atoms with Crippen molar-refractivity contribution in [1.29, 1.82) is 0 Å². The number of halogens is 2. The van der Waals surface area contributed by atoms with Crippen molar-refractivity contribution in [2.75, 3.05) is 6.54 Å². The molecule has 6 nitrogen and oxygen atoms in total. The third-order valence-electron chi connectivity index (χ3n) is 4.24. The Labute approximate surface area is 141 Å². The molecule has 130 valence electrons. The van der Waals surface area contributed by atoms with E-state index in [0.29, 0.717) is 24.6 Å². The van der Waals surface area contributed by atoms with E-state index in [1.807, 2.05) is 0 Å². The highest BCUT2D eigenvalue weighted by Crippen LogP contribution is 2.35. The number of aliphatic hydroxyl groups excluding tert-OH is 1. The molecule has 1 aliphatic rings. The number of nitrogens with zero attached hydrogens (tertiary/aromatic N) is 3. The first kappa shape index (κ1) is 15.9. The number of aromatic nitrogens is 2. The van der Waals surface area contributed by atoms with E-state index in [0.717, 1.165) is 18.2 Å². The second-order valence-electron chi connectivity index (χ2n) is 5.98. The van der Waals surface area contributed by atoms with Crippen LogP contribution in [0.2, 0.25) is 0 Å². The van der Waals surface area contributed by atoms with Crippen molar-refractivity contribution in [2.45, 2.75) is 25.1 Å². The van der Waals surface area contributed by atoms with E-state index in [1.54, 1.807) is 17.0 Å². The Balaban J connectivity index is 1.57. The molecule has 4 rings (SSSR count). The van der Waals surface area contributed by atoms with E-state index < -0.39 is 23.8 Å². The number of hydrogen-bond acceptors (Lipinski definition) is 6. The van der Waals surface area contributed by atoms with Gasteiger partial charge in [-0.3, -0.25) is 4.90 Å². The lowest BCUT2D eigenvalue weighted by Gasteiger charge is -2.23. The summed E-state index contributed by atoms with van der Waals surface area (Å²) in [5, 5.41) is 17.9. The topological polar surface area (TPSA) is 75.5 Å². The summed E-state index contributed by atoms with van der Waals surface area (Å²) < 4.78 is 38.4. The minimum atomic E-state index is -0.639. The molecule has 0 radical (unpaired) electrons. The SMILES string of the molecule is O[C@H]1C[C@@H](c2cc(F)ccc2F)N(Cc2nnc(-c3ccco3)o2)C1. The normalized spacial score (nSPS) is 21.1. The van der Waals surface area contributed by atoms with E-state index in [1.165, 1.54) is 6.26 Å². The molecular formula is C17H15F2N3O3. The molecular weight excluding hydrogens is 332 g/mol. The van der Waals surface area contributed by atoms with Gasteiger partial charge in [0, 0.05) is 18.2 Å². The van der Waals surface area contributed by atoms with Crippen LogP contribution in [0.3, 0.4) is 0 Å². The zero-order valence-electron chi connectivity index (χ0n) is 13.1. The summed E-state index contributed by atoms with van der Waals surface area (Å²) in [6.45, 7) is 0.518. The molecule has 0 aliphatic carbocycles. The first-order chi connectivity index (χ1) is 12.1. The first-order valence-electron chi connectivity index (χ1n) is 7.83. The van der Waals surface area contributed by atoms with Crippen LogP contribution in [-0.4, -0.2) is 32.9 Å². The number of likely N-dealkylation sites (tertiary alicyclic amines) is 1. The van der Waals surface area contributed by atoms with Crippen LogP contribution in [0.4, 0.5) is 8.78 Å². The Bertz CT molecular complexity index is 866. The van der Waals surface area contributed by atoms with Crippen LogP contribution in [-0.2, 0) is 6.54 Å². The number of aliphatic hydroxyl groups is 1. The lowest BCUT2D eigenvalue weighted by molar-refractivity contribution is 0.167. The number of benzene rings is 1. The van der Waals surface area contributed by atoms with Gasteiger partial charge in [-0.15, -0.1) is 10.2 Å². The average Bonchev–Trinajstić information content (AvgIpc) is 3.30. The maximum absolute atomic E-state index is 14.1. The highest BCUT2D eigenvalue weighted by atomic mass is 19.1. The Morgan fingerprint density at radius 3 is 2.92 bits per heavy atom. The molecule has 0 unspecified atom stereocenters. The summed E-state index contributed by atoms with van der Waals surface area (Å²) >= 11 is 0. The van der Waals surface area contributed by atoms with Gasteiger partial charge >= 0.3 is 0 Å². The molecule has 3 heterocycles. The second-order valence-corrected chi connectivity index (χ2v) is 5.98. The summed E-state index contributed by atoms with van der Waals surface area (Å²) in [4.78, 5) is 1.79. The van der Waals surface area contributed by atoms with Crippen molar-refractivity contribution in [1.82, 2.24) is 15.1 Å². The van der Waals surface area contributed by atoms with E-state index in [2.05, 4.69) is 10.2 Å². The zero-order valence-corrected chi connectivity index (χ0v) is 13.1. The van der Waals surface area contributed by atoms with Gasteiger partial charge in [-0.25, -0.2) is 8.78 Å². The van der Waals surface area contributed by atoms with Gasteiger partial charge in [-0.05, 0) is 36.8 Å². The van der Waals surface area contributed by atoms with Gasteiger partial charge in [0.15, 0.2) is 5.76 Å². The Kier molecular flexibility index (Phi) is 4.06. The highest BCUT2D eigenvalue weighted by Gasteiger charge is 2.34. The highest BCUT2D eigenvalue weighted by molar-refractivity contribution is 5.42. The quantitative estimate of drug-likeness (QED) is 0.782. The molecule has 1 fully saturated rings. The number of hydrogen-bond donors (Lipinski definition) is 1. The lowest BCUT2D eigenvalue weighted by Crippen LogP contribution is -2.25. The fourth-order valence-corrected chi connectivity index (χ4v) is 3.14. The summed E-state index contributed by atoms with van der Waals surface area (Å²) in [6, 6.07) is 6.26. The third-order valence-corrected chi connectivity index (χ3v) is 4.24. The van der Waals surface area contributed by atoms with Crippen molar-refractivity contribution in [3.8, 4) is 11.7 Å². The first-order valence-corrected chi connectivity index (χ1v) is 7.83. The predicted molar refractivity (Wildman–Crippen MR) is 82.1 cm³/mol. The molecule has 2 aromatic heterocycles. The Morgan fingerprint density at radius 1 is 1.24 bits per heavy atom. The van der Waals surface area contributed by atoms with Crippen molar-refractivity contribution < 1.29 is 22.7 Å². The molecule has 25 heavy (non-hydrogen) atoms. The van der Waals surface area contributed by atoms with E-state index in [9.17, 15) is 13.9 Å². The van der Waals surface area contributed by atoms with Gasteiger partial charge in [0.05, 0.1) is 18.9 Å². The molecule has 0 saturated carbocycles. The zero-order chi connectivity index (χ0) is 17.4. The van der Waals surface area contributed by atoms with Crippen molar-refractivity contribution in [3.05, 3.63) is 59.7 Å². The average molecular weight is 347 g/mol.